The molecule has 2 aromatic carbocycles. The summed E-state index contributed by atoms with van der Waals surface area (Å²) in [6.07, 6.45) is 0.869. The lowest BCUT2D eigenvalue weighted by molar-refractivity contribution is 0.0600. The van der Waals surface area contributed by atoms with E-state index in [1.54, 1.807) is 6.07 Å². The van der Waals surface area contributed by atoms with Gasteiger partial charge in [0.15, 0.2) is 11.5 Å². The van der Waals surface area contributed by atoms with Gasteiger partial charge in [-0.3, -0.25) is 10.2 Å². The van der Waals surface area contributed by atoms with Crippen LogP contribution in [0, 0.1) is 5.92 Å². The molecule has 0 aliphatic heterocycles. The van der Waals surface area contributed by atoms with Crippen LogP contribution in [-0.4, -0.2) is 41.1 Å². The Hall–Kier alpha value is -3.11. The first kappa shape index (κ1) is 24.2. The first-order chi connectivity index (χ1) is 14.7. The summed E-state index contributed by atoms with van der Waals surface area (Å²) in [7, 11) is -1.37. The van der Waals surface area contributed by atoms with Crippen molar-refractivity contribution in [2.24, 2.45) is 5.92 Å². The Bertz CT molecular complexity index is 1020. The number of sulfonamides is 1. The number of carbonyl (C=O) groups is 2. The van der Waals surface area contributed by atoms with E-state index in [-0.39, 0.29) is 16.0 Å². The Morgan fingerprint density at radius 2 is 1.61 bits per heavy atom. The van der Waals surface area contributed by atoms with E-state index in [2.05, 4.69) is 24.0 Å². The third-order valence-electron chi connectivity index (χ3n) is 4.26. The molecule has 2 aromatic rings. The first-order valence-corrected chi connectivity index (χ1v) is 11.0. The highest BCUT2D eigenvalue weighted by molar-refractivity contribution is 7.89. The summed E-state index contributed by atoms with van der Waals surface area (Å²) in [5, 5.41) is 0. The van der Waals surface area contributed by atoms with Gasteiger partial charge >= 0.3 is 5.97 Å². The summed E-state index contributed by atoms with van der Waals surface area (Å²) >= 11 is 0. The van der Waals surface area contributed by atoms with Gasteiger partial charge in [0, 0.05) is 5.56 Å². The average molecular weight is 451 g/mol. The van der Waals surface area contributed by atoms with E-state index in [0.717, 1.165) is 6.42 Å². The summed E-state index contributed by atoms with van der Waals surface area (Å²) in [5.74, 6) is 0.0713. The molecule has 0 spiro atoms. The smallest absolute Gasteiger partial charge is 0.337 e. The fourth-order valence-corrected chi connectivity index (χ4v) is 3.30. The van der Waals surface area contributed by atoms with Crippen molar-refractivity contribution in [3.63, 3.8) is 0 Å². The number of nitrogens with one attached hydrogen (secondary N) is 2. The number of hydrazine groups is 1. The minimum atomic E-state index is -4.05. The summed E-state index contributed by atoms with van der Waals surface area (Å²) in [4.78, 5) is 25.7. The molecular formula is C21H26N2O7S. The lowest BCUT2D eigenvalue weighted by atomic mass is 10.1. The molecule has 0 aliphatic carbocycles. The van der Waals surface area contributed by atoms with Gasteiger partial charge < -0.3 is 14.2 Å². The maximum absolute atomic E-state index is 12.4. The second kappa shape index (κ2) is 10.8. The second-order valence-electron chi connectivity index (χ2n) is 6.97. The van der Waals surface area contributed by atoms with Crippen LogP contribution in [0.1, 0.15) is 41.0 Å². The Labute approximate surface area is 181 Å². The molecule has 10 heteroatoms. The average Bonchev–Trinajstić information content (AvgIpc) is 2.77. The topological polar surface area (TPSA) is 120 Å². The third kappa shape index (κ3) is 6.69. The molecular weight excluding hydrogens is 424 g/mol. The summed E-state index contributed by atoms with van der Waals surface area (Å²) in [6, 6.07) is 9.63. The Morgan fingerprint density at radius 1 is 0.968 bits per heavy atom. The van der Waals surface area contributed by atoms with Crippen LogP contribution >= 0.6 is 0 Å². The van der Waals surface area contributed by atoms with Crippen LogP contribution in [0.25, 0.3) is 0 Å². The number of hydrogen-bond donors (Lipinski definition) is 2. The molecule has 0 aromatic heterocycles. The third-order valence-corrected chi connectivity index (χ3v) is 5.53. The first-order valence-electron chi connectivity index (χ1n) is 9.49. The Morgan fingerprint density at radius 3 is 2.19 bits per heavy atom. The van der Waals surface area contributed by atoms with Crippen molar-refractivity contribution in [2.45, 2.75) is 25.2 Å². The van der Waals surface area contributed by atoms with Gasteiger partial charge in [-0.25, -0.2) is 13.2 Å². The predicted octanol–water partition coefficient (Wildman–Crippen LogP) is 2.53. The van der Waals surface area contributed by atoms with Crippen molar-refractivity contribution in [3.8, 4) is 11.5 Å². The Kier molecular flexibility index (Phi) is 8.40. The quantitative estimate of drug-likeness (QED) is 0.422. The number of hydrogen-bond acceptors (Lipinski definition) is 7. The molecule has 168 valence electrons. The fourth-order valence-electron chi connectivity index (χ4n) is 2.47. The fraction of sp³-hybridized carbons (Fsp3) is 0.333. The number of ether oxygens (including phenoxy) is 3. The van der Waals surface area contributed by atoms with Crippen LogP contribution in [0.15, 0.2) is 47.4 Å². The summed E-state index contributed by atoms with van der Waals surface area (Å²) < 4.78 is 40.3. The summed E-state index contributed by atoms with van der Waals surface area (Å²) in [5.41, 5.74) is 2.53. The van der Waals surface area contributed by atoms with Gasteiger partial charge in [0.2, 0.25) is 0 Å². The molecule has 0 aliphatic rings. The monoisotopic (exact) mass is 450 g/mol. The lowest BCUT2D eigenvalue weighted by Crippen LogP contribution is -2.41. The van der Waals surface area contributed by atoms with Gasteiger partial charge in [-0.2, -0.15) is 0 Å². The van der Waals surface area contributed by atoms with Crippen LogP contribution in [0.2, 0.25) is 0 Å². The van der Waals surface area contributed by atoms with Crippen LogP contribution in [0.5, 0.6) is 11.5 Å². The van der Waals surface area contributed by atoms with Crippen molar-refractivity contribution in [2.75, 3.05) is 20.8 Å². The molecule has 0 bridgehead atoms. The van der Waals surface area contributed by atoms with Gasteiger partial charge in [-0.05, 0) is 54.8 Å². The maximum atomic E-state index is 12.4. The number of amides is 1. The van der Waals surface area contributed by atoms with Gasteiger partial charge in [-0.15, -0.1) is 4.83 Å². The maximum Gasteiger partial charge on any atom is 0.337 e. The van der Waals surface area contributed by atoms with E-state index in [9.17, 15) is 18.0 Å². The summed E-state index contributed by atoms with van der Waals surface area (Å²) in [6.45, 7) is 4.68. The highest BCUT2D eigenvalue weighted by Gasteiger charge is 2.18. The van der Waals surface area contributed by atoms with Crippen molar-refractivity contribution >= 4 is 21.9 Å². The molecule has 0 fully saturated rings. The number of methoxy groups -OCH3 is 2. The Balaban J connectivity index is 2.04. The van der Waals surface area contributed by atoms with Crippen LogP contribution in [-0.2, 0) is 14.8 Å². The highest BCUT2D eigenvalue weighted by atomic mass is 32.2. The molecule has 0 heterocycles. The van der Waals surface area contributed by atoms with E-state index >= 15 is 0 Å². The number of benzene rings is 2. The van der Waals surface area contributed by atoms with Crippen molar-refractivity contribution in [3.05, 3.63) is 53.6 Å². The molecule has 0 saturated heterocycles. The van der Waals surface area contributed by atoms with E-state index in [0.29, 0.717) is 24.0 Å². The van der Waals surface area contributed by atoms with E-state index in [1.807, 2.05) is 4.83 Å². The normalized spacial score (nSPS) is 11.1. The molecule has 2 rings (SSSR count). The molecule has 9 nitrogen and oxygen atoms in total. The SMILES string of the molecule is COC(=O)c1ccc(S(=O)(=O)NNC(=O)c2ccc(OCCC(C)C)c(OC)c2)cc1. The van der Waals surface area contributed by atoms with E-state index < -0.39 is 21.9 Å². The van der Waals surface area contributed by atoms with Crippen molar-refractivity contribution in [1.82, 2.24) is 10.3 Å². The van der Waals surface area contributed by atoms with Gasteiger partial charge in [0.1, 0.15) is 0 Å². The molecule has 2 N–H and O–H groups in total. The van der Waals surface area contributed by atoms with Crippen LogP contribution in [0.3, 0.4) is 0 Å². The van der Waals surface area contributed by atoms with E-state index in [4.69, 9.17) is 9.47 Å². The van der Waals surface area contributed by atoms with Gasteiger partial charge in [0.25, 0.3) is 15.9 Å². The zero-order valence-electron chi connectivity index (χ0n) is 17.8. The predicted molar refractivity (Wildman–Crippen MR) is 114 cm³/mol. The molecule has 0 radical (unpaired) electrons. The zero-order valence-corrected chi connectivity index (χ0v) is 18.6. The van der Waals surface area contributed by atoms with Crippen molar-refractivity contribution < 1.29 is 32.2 Å². The van der Waals surface area contributed by atoms with Gasteiger partial charge in [-0.1, -0.05) is 13.8 Å². The van der Waals surface area contributed by atoms with Crippen LogP contribution < -0.4 is 19.7 Å². The number of carbonyl (C=O) groups excluding carboxylic acids is 2. The second-order valence-corrected chi connectivity index (χ2v) is 8.65. The molecule has 0 unspecified atom stereocenters. The van der Waals surface area contributed by atoms with Crippen molar-refractivity contribution in [1.29, 1.82) is 0 Å². The van der Waals surface area contributed by atoms with E-state index in [1.165, 1.54) is 50.6 Å². The minimum Gasteiger partial charge on any atom is -0.493 e. The number of rotatable bonds is 10. The molecule has 31 heavy (non-hydrogen) atoms. The highest BCUT2D eigenvalue weighted by Crippen LogP contribution is 2.28. The van der Waals surface area contributed by atoms with Gasteiger partial charge in [0.05, 0.1) is 31.3 Å². The molecule has 0 atom stereocenters. The van der Waals surface area contributed by atoms with Crippen LogP contribution in [0.4, 0.5) is 0 Å². The molecule has 0 saturated carbocycles. The zero-order chi connectivity index (χ0) is 23.0. The standard InChI is InChI=1S/C21H26N2O7S/c1-14(2)11-12-30-18-10-7-16(13-19(18)28-3)20(24)22-23-31(26,27)17-8-5-15(6-9-17)21(25)29-4/h5-10,13-14,23H,11-12H2,1-4H3,(H,22,24). The molecule has 1 amide bonds. The largest absolute Gasteiger partial charge is 0.493 e. The lowest BCUT2D eigenvalue weighted by Gasteiger charge is -2.13. The number of esters is 1. The minimum absolute atomic E-state index is 0.132.